The first-order chi connectivity index (χ1) is 9.31. The molecule has 1 N–H and O–H groups in total. The highest BCUT2D eigenvalue weighted by atomic mass is 32.1. The van der Waals surface area contributed by atoms with E-state index in [-0.39, 0.29) is 12.0 Å². The molecule has 1 aliphatic heterocycles. The number of ether oxygens (including phenoxy) is 1. The SMILES string of the molecule is O=C(Cc1cccs1)Nc1nnc(C2CCCO2)s1. The largest absolute Gasteiger partial charge is 0.371 e. The minimum absolute atomic E-state index is 0.0560. The minimum Gasteiger partial charge on any atom is -0.371 e. The van der Waals surface area contributed by atoms with E-state index < -0.39 is 0 Å². The van der Waals surface area contributed by atoms with Crippen LogP contribution in [0.1, 0.15) is 28.8 Å². The molecule has 2 aromatic heterocycles. The predicted molar refractivity (Wildman–Crippen MR) is 74.5 cm³/mol. The summed E-state index contributed by atoms with van der Waals surface area (Å²) in [6.07, 6.45) is 2.48. The molecule has 0 radical (unpaired) electrons. The Kier molecular flexibility index (Phi) is 3.86. The number of nitrogens with zero attached hydrogens (tertiary/aromatic N) is 2. The second kappa shape index (κ2) is 5.77. The van der Waals surface area contributed by atoms with Crippen LogP contribution in [-0.2, 0) is 16.0 Å². The molecule has 1 fully saturated rings. The summed E-state index contributed by atoms with van der Waals surface area (Å²) in [7, 11) is 0. The van der Waals surface area contributed by atoms with Gasteiger partial charge in [0.15, 0.2) is 0 Å². The summed E-state index contributed by atoms with van der Waals surface area (Å²) in [6, 6.07) is 3.88. The molecule has 3 heterocycles. The number of hydrogen-bond donors (Lipinski definition) is 1. The van der Waals surface area contributed by atoms with Gasteiger partial charge in [0.1, 0.15) is 11.1 Å². The zero-order chi connectivity index (χ0) is 13.1. The number of thiophene rings is 1. The number of rotatable bonds is 4. The number of hydrogen-bond acceptors (Lipinski definition) is 6. The normalized spacial score (nSPS) is 18.6. The lowest BCUT2D eigenvalue weighted by Crippen LogP contribution is -2.13. The Labute approximate surface area is 118 Å². The molecule has 0 saturated carbocycles. The van der Waals surface area contributed by atoms with Gasteiger partial charge >= 0.3 is 0 Å². The second-order valence-electron chi connectivity index (χ2n) is 4.25. The average molecular weight is 295 g/mol. The molecule has 1 atom stereocenters. The summed E-state index contributed by atoms with van der Waals surface area (Å²) in [5, 5.41) is 14.2. The first-order valence-corrected chi connectivity index (χ1v) is 7.78. The third kappa shape index (κ3) is 3.17. The van der Waals surface area contributed by atoms with Gasteiger partial charge in [0.2, 0.25) is 11.0 Å². The van der Waals surface area contributed by atoms with E-state index in [2.05, 4.69) is 15.5 Å². The van der Waals surface area contributed by atoms with E-state index in [0.717, 1.165) is 29.3 Å². The minimum atomic E-state index is -0.0579. The summed E-state index contributed by atoms with van der Waals surface area (Å²) in [6.45, 7) is 0.782. The van der Waals surface area contributed by atoms with Gasteiger partial charge in [-0.05, 0) is 24.3 Å². The third-order valence-corrected chi connectivity index (χ3v) is 4.61. The summed E-state index contributed by atoms with van der Waals surface area (Å²) < 4.78 is 5.54. The van der Waals surface area contributed by atoms with E-state index in [1.54, 1.807) is 11.3 Å². The van der Waals surface area contributed by atoms with Gasteiger partial charge in [-0.3, -0.25) is 4.79 Å². The highest BCUT2D eigenvalue weighted by Gasteiger charge is 2.22. The van der Waals surface area contributed by atoms with E-state index in [0.29, 0.717) is 11.6 Å². The number of anilines is 1. The molecule has 1 aliphatic rings. The van der Waals surface area contributed by atoms with Gasteiger partial charge in [0, 0.05) is 11.5 Å². The smallest absolute Gasteiger partial charge is 0.231 e. The molecule has 1 saturated heterocycles. The Morgan fingerprint density at radius 3 is 3.21 bits per heavy atom. The number of carbonyl (C=O) groups is 1. The summed E-state index contributed by atoms with van der Waals surface area (Å²) in [5.74, 6) is -0.0579. The van der Waals surface area contributed by atoms with Gasteiger partial charge in [-0.15, -0.1) is 21.5 Å². The topological polar surface area (TPSA) is 64.1 Å². The molecular formula is C12H13N3O2S2. The molecule has 3 rings (SSSR count). The standard InChI is InChI=1S/C12H13N3O2S2/c16-10(7-8-3-2-6-18-8)13-12-15-14-11(19-12)9-4-1-5-17-9/h2-3,6,9H,1,4-5,7H2,(H,13,15,16). The fourth-order valence-electron chi connectivity index (χ4n) is 1.92. The fourth-order valence-corrected chi connectivity index (χ4v) is 3.47. The number of amides is 1. The van der Waals surface area contributed by atoms with Crippen molar-refractivity contribution in [1.29, 1.82) is 0 Å². The molecule has 0 aromatic carbocycles. The Morgan fingerprint density at radius 2 is 2.47 bits per heavy atom. The van der Waals surface area contributed by atoms with Crippen LogP contribution in [0.4, 0.5) is 5.13 Å². The van der Waals surface area contributed by atoms with Crippen LogP contribution < -0.4 is 5.32 Å². The van der Waals surface area contributed by atoms with Crippen LogP contribution in [0.15, 0.2) is 17.5 Å². The van der Waals surface area contributed by atoms with Crippen molar-refractivity contribution in [1.82, 2.24) is 10.2 Å². The lowest BCUT2D eigenvalue weighted by atomic mass is 10.2. The maximum Gasteiger partial charge on any atom is 0.231 e. The van der Waals surface area contributed by atoms with Crippen LogP contribution >= 0.6 is 22.7 Å². The van der Waals surface area contributed by atoms with E-state index in [1.807, 2.05) is 17.5 Å². The van der Waals surface area contributed by atoms with Gasteiger partial charge in [-0.1, -0.05) is 17.4 Å². The zero-order valence-electron chi connectivity index (χ0n) is 10.2. The molecule has 19 heavy (non-hydrogen) atoms. The Bertz CT molecular complexity index is 547. The predicted octanol–water partition coefficient (Wildman–Crippen LogP) is 2.63. The molecular weight excluding hydrogens is 282 g/mol. The van der Waals surface area contributed by atoms with E-state index in [9.17, 15) is 4.79 Å². The van der Waals surface area contributed by atoms with Crippen LogP contribution in [0.3, 0.4) is 0 Å². The molecule has 0 spiro atoms. The van der Waals surface area contributed by atoms with Crippen molar-refractivity contribution in [2.24, 2.45) is 0 Å². The Balaban J connectivity index is 1.59. The Hall–Kier alpha value is -1.31. The van der Waals surface area contributed by atoms with Crippen molar-refractivity contribution >= 4 is 33.7 Å². The summed E-state index contributed by atoms with van der Waals surface area (Å²) >= 11 is 2.97. The quantitative estimate of drug-likeness (QED) is 0.941. The van der Waals surface area contributed by atoms with E-state index in [4.69, 9.17) is 4.74 Å². The van der Waals surface area contributed by atoms with Crippen molar-refractivity contribution in [3.05, 3.63) is 27.4 Å². The molecule has 0 aliphatic carbocycles. The molecule has 0 bridgehead atoms. The fraction of sp³-hybridized carbons (Fsp3) is 0.417. The number of nitrogens with one attached hydrogen (secondary N) is 1. The van der Waals surface area contributed by atoms with Crippen LogP contribution in [0.2, 0.25) is 0 Å². The summed E-state index contributed by atoms with van der Waals surface area (Å²) in [5.41, 5.74) is 0. The number of carbonyl (C=O) groups excluding carboxylic acids is 1. The van der Waals surface area contributed by atoms with E-state index in [1.165, 1.54) is 11.3 Å². The molecule has 1 amide bonds. The van der Waals surface area contributed by atoms with Crippen LogP contribution in [0.5, 0.6) is 0 Å². The van der Waals surface area contributed by atoms with E-state index >= 15 is 0 Å². The van der Waals surface area contributed by atoms with Crippen LogP contribution in [0, 0.1) is 0 Å². The third-order valence-electron chi connectivity index (χ3n) is 2.81. The average Bonchev–Trinajstić information content (AvgIpc) is 3.09. The molecule has 5 nitrogen and oxygen atoms in total. The lowest BCUT2D eigenvalue weighted by Gasteiger charge is -2.02. The maximum atomic E-state index is 11.8. The molecule has 2 aromatic rings. The second-order valence-corrected chi connectivity index (χ2v) is 6.29. The van der Waals surface area contributed by atoms with Crippen molar-refractivity contribution < 1.29 is 9.53 Å². The monoisotopic (exact) mass is 295 g/mol. The van der Waals surface area contributed by atoms with Crippen LogP contribution in [0.25, 0.3) is 0 Å². The molecule has 100 valence electrons. The first-order valence-electron chi connectivity index (χ1n) is 6.08. The highest BCUT2D eigenvalue weighted by molar-refractivity contribution is 7.15. The van der Waals surface area contributed by atoms with Gasteiger partial charge in [0.25, 0.3) is 0 Å². The van der Waals surface area contributed by atoms with Crippen molar-refractivity contribution in [3.8, 4) is 0 Å². The highest BCUT2D eigenvalue weighted by Crippen LogP contribution is 2.31. The lowest BCUT2D eigenvalue weighted by molar-refractivity contribution is -0.115. The molecule has 1 unspecified atom stereocenters. The van der Waals surface area contributed by atoms with Crippen LogP contribution in [-0.4, -0.2) is 22.7 Å². The van der Waals surface area contributed by atoms with Crippen molar-refractivity contribution in [2.75, 3.05) is 11.9 Å². The zero-order valence-corrected chi connectivity index (χ0v) is 11.8. The number of aromatic nitrogens is 2. The Morgan fingerprint density at radius 1 is 1.53 bits per heavy atom. The van der Waals surface area contributed by atoms with Gasteiger partial charge in [0.05, 0.1) is 6.42 Å². The van der Waals surface area contributed by atoms with Crippen molar-refractivity contribution in [2.45, 2.75) is 25.4 Å². The van der Waals surface area contributed by atoms with Gasteiger partial charge < -0.3 is 10.1 Å². The van der Waals surface area contributed by atoms with Gasteiger partial charge in [-0.25, -0.2) is 0 Å². The summed E-state index contributed by atoms with van der Waals surface area (Å²) in [4.78, 5) is 12.9. The maximum absolute atomic E-state index is 11.8. The van der Waals surface area contributed by atoms with Crippen molar-refractivity contribution in [3.63, 3.8) is 0 Å². The van der Waals surface area contributed by atoms with Gasteiger partial charge in [-0.2, -0.15) is 0 Å². The first kappa shape index (κ1) is 12.7. The molecule has 7 heteroatoms.